The van der Waals surface area contributed by atoms with Crippen LogP contribution in [-0.2, 0) is 0 Å². The third-order valence-electron chi connectivity index (χ3n) is 3.51. The fraction of sp³-hybridized carbons (Fsp3) is 0.278. The molecule has 1 heterocycles. The molecule has 0 saturated heterocycles. The summed E-state index contributed by atoms with van der Waals surface area (Å²) in [6.45, 7) is 6.89. The number of hydrogen-bond acceptors (Lipinski definition) is 2. The highest BCUT2D eigenvalue weighted by atomic mass is 35.5. The summed E-state index contributed by atoms with van der Waals surface area (Å²) in [5.41, 5.74) is 0.0471. The molecule has 114 valence electrons. The van der Waals surface area contributed by atoms with E-state index in [0.29, 0.717) is 16.4 Å². The van der Waals surface area contributed by atoms with Crippen molar-refractivity contribution in [3.63, 3.8) is 0 Å². The maximum Gasteiger partial charge on any atom is 0.262 e. The highest BCUT2D eigenvalue weighted by Crippen LogP contribution is 2.39. The van der Waals surface area contributed by atoms with Crippen molar-refractivity contribution in [1.29, 1.82) is 0 Å². The molecule has 0 unspecified atom stereocenters. The van der Waals surface area contributed by atoms with Crippen LogP contribution in [0.15, 0.2) is 36.4 Å². The van der Waals surface area contributed by atoms with Crippen LogP contribution in [0.3, 0.4) is 0 Å². The summed E-state index contributed by atoms with van der Waals surface area (Å²) in [6, 6.07) is 12.2. The average molecular weight is 332 g/mol. The first-order valence-electron chi connectivity index (χ1n) is 7.25. The van der Waals surface area contributed by atoms with Crippen LogP contribution in [0.2, 0.25) is 5.02 Å². The molecule has 0 bridgehead atoms. The predicted molar refractivity (Wildman–Crippen MR) is 96.1 cm³/mol. The molecule has 3 rings (SSSR count). The lowest BCUT2D eigenvalue weighted by Crippen LogP contribution is -2.31. The van der Waals surface area contributed by atoms with E-state index in [9.17, 15) is 4.79 Å². The van der Waals surface area contributed by atoms with E-state index in [-0.39, 0.29) is 11.3 Å². The van der Waals surface area contributed by atoms with E-state index in [1.165, 1.54) is 11.3 Å². The molecule has 22 heavy (non-hydrogen) atoms. The Bertz CT molecular complexity index is 861. The molecule has 2 aromatic carbocycles. The van der Waals surface area contributed by atoms with Gasteiger partial charge >= 0.3 is 0 Å². The Kier molecular flexibility index (Phi) is 3.87. The first kappa shape index (κ1) is 15.3. The van der Waals surface area contributed by atoms with Crippen LogP contribution in [0.4, 0.5) is 0 Å². The minimum Gasteiger partial charge on any atom is -0.351 e. The van der Waals surface area contributed by atoms with E-state index in [1.54, 1.807) is 0 Å². The second-order valence-corrected chi connectivity index (χ2v) is 8.08. The Morgan fingerprint density at radius 3 is 2.64 bits per heavy atom. The van der Waals surface area contributed by atoms with Gasteiger partial charge in [-0.05, 0) is 22.3 Å². The van der Waals surface area contributed by atoms with Crippen LogP contribution < -0.4 is 5.32 Å². The van der Waals surface area contributed by atoms with Gasteiger partial charge in [-0.1, -0.05) is 62.7 Å². The van der Waals surface area contributed by atoms with Gasteiger partial charge in [-0.15, -0.1) is 11.3 Å². The number of fused-ring (bicyclic) bond motifs is 3. The van der Waals surface area contributed by atoms with Crippen LogP contribution in [-0.4, -0.2) is 12.5 Å². The highest BCUT2D eigenvalue weighted by molar-refractivity contribution is 7.21. The smallest absolute Gasteiger partial charge is 0.262 e. The predicted octanol–water partition coefficient (Wildman–Crippen LogP) is 5.48. The number of carbonyl (C=O) groups excluding carboxylic acids is 1. The molecule has 0 aliphatic rings. The van der Waals surface area contributed by atoms with Crippen molar-refractivity contribution in [3.05, 3.63) is 46.3 Å². The minimum absolute atomic E-state index is 0.0471. The summed E-state index contributed by atoms with van der Waals surface area (Å²) in [4.78, 5) is 13.0. The van der Waals surface area contributed by atoms with Crippen molar-refractivity contribution >= 4 is 49.7 Å². The monoisotopic (exact) mass is 331 g/mol. The molecule has 0 fully saturated rings. The van der Waals surface area contributed by atoms with Crippen molar-refractivity contribution in [2.45, 2.75) is 20.8 Å². The molecular weight excluding hydrogens is 314 g/mol. The lowest BCUT2D eigenvalue weighted by molar-refractivity contribution is 0.0943. The normalized spacial score (nSPS) is 12.0. The zero-order valence-electron chi connectivity index (χ0n) is 12.9. The third kappa shape index (κ3) is 2.83. The summed E-state index contributed by atoms with van der Waals surface area (Å²) in [5, 5.41) is 6.74. The van der Waals surface area contributed by atoms with E-state index in [1.807, 2.05) is 24.3 Å². The Hall–Kier alpha value is -1.58. The van der Waals surface area contributed by atoms with E-state index in [0.717, 1.165) is 20.9 Å². The number of halogens is 1. The summed E-state index contributed by atoms with van der Waals surface area (Å²) in [6.07, 6.45) is 0. The number of thiophene rings is 1. The van der Waals surface area contributed by atoms with Crippen molar-refractivity contribution in [1.82, 2.24) is 5.32 Å². The maximum atomic E-state index is 12.4. The molecular formula is C18H18ClNOS. The Morgan fingerprint density at radius 2 is 1.91 bits per heavy atom. The quantitative estimate of drug-likeness (QED) is 0.661. The van der Waals surface area contributed by atoms with E-state index < -0.39 is 0 Å². The second kappa shape index (κ2) is 5.56. The van der Waals surface area contributed by atoms with Gasteiger partial charge in [-0.25, -0.2) is 0 Å². The van der Waals surface area contributed by atoms with Gasteiger partial charge in [0, 0.05) is 16.6 Å². The molecule has 4 heteroatoms. The number of carbonyl (C=O) groups is 1. The molecule has 0 aliphatic heterocycles. The molecule has 0 spiro atoms. The Labute approximate surface area is 139 Å². The topological polar surface area (TPSA) is 29.1 Å². The number of nitrogens with one attached hydrogen (secondary N) is 1. The van der Waals surface area contributed by atoms with Crippen molar-refractivity contribution in [3.8, 4) is 0 Å². The fourth-order valence-corrected chi connectivity index (χ4v) is 3.89. The zero-order chi connectivity index (χ0) is 15.9. The molecule has 0 aliphatic carbocycles. The average Bonchev–Trinajstić information content (AvgIpc) is 2.82. The highest BCUT2D eigenvalue weighted by Gasteiger charge is 2.20. The Balaban J connectivity index is 2.07. The van der Waals surface area contributed by atoms with Gasteiger partial charge in [0.2, 0.25) is 0 Å². The van der Waals surface area contributed by atoms with Crippen LogP contribution in [0.1, 0.15) is 30.4 Å². The largest absolute Gasteiger partial charge is 0.351 e. The summed E-state index contributed by atoms with van der Waals surface area (Å²) in [7, 11) is 0. The number of amides is 1. The van der Waals surface area contributed by atoms with Crippen molar-refractivity contribution < 1.29 is 4.79 Å². The van der Waals surface area contributed by atoms with Crippen LogP contribution in [0, 0.1) is 5.41 Å². The minimum atomic E-state index is -0.0924. The lowest BCUT2D eigenvalue weighted by Gasteiger charge is -2.18. The van der Waals surface area contributed by atoms with Crippen LogP contribution in [0.25, 0.3) is 20.9 Å². The van der Waals surface area contributed by atoms with Gasteiger partial charge in [-0.3, -0.25) is 4.79 Å². The van der Waals surface area contributed by atoms with E-state index >= 15 is 0 Å². The van der Waals surface area contributed by atoms with Crippen LogP contribution >= 0.6 is 22.9 Å². The van der Waals surface area contributed by atoms with Crippen molar-refractivity contribution in [2.24, 2.45) is 5.41 Å². The van der Waals surface area contributed by atoms with Gasteiger partial charge in [0.25, 0.3) is 5.91 Å². The summed E-state index contributed by atoms with van der Waals surface area (Å²) >= 11 is 7.98. The molecule has 0 atom stereocenters. The SMILES string of the molecule is CC(C)(C)CNC(=O)c1sc2ccc3ccccc3c2c1Cl. The van der Waals surface area contributed by atoms with Gasteiger partial charge in [0.05, 0.1) is 5.02 Å². The number of hydrogen-bond donors (Lipinski definition) is 1. The fourth-order valence-electron chi connectivity index (χ4n) is 2.40. The van der Waals surface area contributed by atoms with Gasteiger partial charge in [0.15, 0.2) is 0 Å². The van der Waals surface area contributed by atoms with Crippen molar-refractivity contribution in [2.75, 3.05) is 6.54 Å². The standard InChI is InChI=1S/C18H18ClNOS/c1-18(2,3)10-20-17(21)16-15(19)14-12-7-5-4-6-11(12)8-9-13(14)22-16/h4-9H,10H2,1-3H3,(H,20,21). The molecule has 1 N–H and O–H groups in total. The van der Waals surface area contributed by atoms with E-state index in [4.69, 9.17) is 11.6 Å². The van der Waals surface area contributed by atoms with Gasteiger partial charge in [0.1, 0.15) is 4.88 Å². The first-order valence-corrected chi connectivity index (χ1v) is 8.44. The molecule has 3 aromatic rings. The first-order chi connectivity index (χ1) is 10.4. The molecule has 0 saturated carbocycles. The second-order valence-electron chi connectivity index (χ2n) is 6.65. The maximum absolute atomic E-state index is 12.4. The summed E-state index contributed by atoms with van der Waals surface area (Å²) < 4.78 is 1.05. The van der Waals surface area contributed by atoms with Gasteiger partial charge < -0.3 is 5.32 Å². The Morgan fingerprint density at radius 1 is 1.18 bits per heavy atom. The van der Waals surface area contributed by atoms with Gasteiger partial charge in [-0.2, -0.15) is 0 Å². The van der Waals surface area contributed by atoms with E-state index in [2.05, 4.69) is 38.2 Å². The van der Waals surface area contributed by atoms with Crippen LogP contribution in [0.5, 0.6) is 0 Å². The molecule has 1 amide bonds. The lowest BCUT2D eigenvalue weighted by atomic mass is 9.97. The third-order valence-corrected chi connectivity index (χ3v) is 5.15. The molecule has 1 aromatic heterocycles. The molecule has 2 nitrogen and oxygen atoms in total. The zero-order valence-corrected chi connectivity index (χ0v) is 14.4. The number of benzene rings is 2. The summed E-state index contributed by atoms with van der Waals surface area (Å²) in [5.74, 6) is -0.0924. The number of rotatable bonds is 2. The molecule has 0 radical (unpaired) electrons.